The van der Waals surface area contributed by atoms with Crippen LogP contribution in [0.4, 0.5) is 5.82 Å². The van der Waals surface area contributed by atoms with Crippen LogP contribution in [-0.4, -0.2) is 55.5 Å². The van der Waals surface area contributed by atoms with Gasteiger partial charge in [-0.1, -0.05) is 12.0 Å². The first kappa shape index (κ1) is 17.8. The van der Waals surface area contributed by atoms with Crippen molar-refractivity contribution in [1.29, 1.82) is 0 Å². The molecule has 0 radical (unpaired) electrons. The number of aromatic nitrogens is 1. The Kier molecular flexibility index (Phi) is 5.66. The molecule has 0 spiro atoms. The van der Waals surface area contributed by atoms with Gasteiger partial charge in [0.2, 0.25) is 0 Å². The maximum Gasteiger partial charge on any atom is 0.151 e. The lowest BCUT2D eigenvalue weighted by molar-refractivity contribution is 0.230. The van der Waals surface area contributed by atoms with Crippen molar-refractivity contribution in [2.75, 3.05) is 30.0 Å². The van der Waals surface area contributed by atoms with Crippen molar-refractivity contribution in [3.8, 4) is 12.3 Å². The van der Waals surface area contributed by atoms with Crippen LogP contribution in [0, 0.1) is 12.3 Å². The van der Waals surface area contributed by atoms with Crippen LogP contribution in [0.25, 0.3) is 0 Å². The Hall–Kier alpha value is -1.58. The monoisotopic (exact) mass is 335 g/mol. The van der Waals surface area contributed by atoms with Gasteiger partial charge in [0, 0.05) is 31.9 Å². The van der Waals surface area contributed by atoms with Crippen molar-refractivity contribution in [3.05, 3.63) is 23.9 Å². The van der Waals surface area contributed by atoms with Crippen molar-refractivity contribution in [2.24, 2.45) is 0 Å². The van der Waals surface area contributed by atoms with Crippen molar-refractivity contribution in [1.82, 2.24) is 9.88 Å². The summed E-state index contributed by atoms with van der Waals surface area (Å²) >= 11 is 0. The average molecular weight is 335 g/mol. The molecule has 0 unspecified atom stereocenters. The molecule has 1 aromatic heterocycles. The molecular formula is C17H25N3O2S. The second-order valence-electron chi connectivity index (χ2n) is 6.40. The van der Waals surface area contributed by atoms with Gasteiger partial charge in [0.25, 0.3) is 0 Å². The summed E-state index contributed by atoms with van der Waals surface area (Å²) in [6.07, 6.45) is 7.96. The summed E-state index contributed by atoms with van der Waals surface area (Å²) in [7, 11) is -0.897. The van der Waals surface area contributed by atoms with Crippen LogP contribution < -0.4 is 4.90 Å². The predicted molar refractivity (Wildman–Crippen MR) is 94.1 cm³/mol. The lowest BCUT2D eigenvalue weighted by atomic mass is 10.2. The molecule has 0 saturated carbocycles. The Morgan fingerprint density at radius 1 is 1.43 bits per heavy atom. The molecule has 0 aromatic carbocycles. The van der Waals surface area contributed by atoms with E-state index in [0.29, 0.717) is 25.6 Å². The number of rotatable bonds is 6. The molecule has 5 nitrogen and oxygen atoms in total. The number of hydrogen-bond donors (Lipinski definition) is 0. The quantitative estimate of drug-likeness (QED) is 0.738. The van der Waals surface area contributed by atoms with E-state index in [1.807, 2.05) is 25.4 Å². The van der Waals surface area contributed by atoms with Gasteiger partial charge >= 0.3 is 0 Å². The summed E-state index contributed by atoms with van der Waals surface area (Å²) in [5.74, 6) is 4.03. The second kappa shape index (κ2) is 7.33. The van der Waals surface area contributed by atoms with Gasteiger partial charge in [0.1, 0.15) is 5.82 Å². The van der Waals surface area contributed by atoms with E-state index in [-0.39, 0.29) is 17.5 Å². The van der Waals surface area contributed by atoms with Gasteiger partial charge in [-0.2, -0.15) is 0 Å². The Balaban J connectivity index is 2.07. The summed E-state index contributed by atoms with van der Waals surface area (Å²) < 4.78 is 23.4. The molecule has 1 aliphatic heterocycles. The van der Waals surface area contributed by atoms with E-state index in [0.717, 1.165) is 11.4 Å². The molecule has 1 fully saturated rings. The van der Waals surface area contributed by atoms with E-state index >= 15 is 0 Å². The highest BCUT2D eigenvalue weighted by atomic mass is 32.2. The highest BCUT2D eigenvalue weighted by Crippen LogP contribution is 2.20. The standard InChI is InChI=1S/C17H25N3O2S/c1-5-9-20(16-8-10-23(21,22)13-16)12-15-6-7-17(18-11-15)19(4)14(2)3/h1,6-7,11,14,16H,8-10,12-13H2,2-4H3/t16-/m0/s1. The maximum atomic E-state index is 11.7. The molecule has 1 atom stereocenters. The number of sulfone groups is 1. The fourth-order valence-corrected chi connectivity index (χ4v) is 4.47. The number of anilines is 1. The van der Waals surface area contributed by atoms with E-state index in [1.54, 1.807) is 0 Å². The van der Waals surface area contributed by atoms with Gasteiger partial charge in [-0.05, 0) is 31.9 Å². The molecule has 0 amide bonds. The van der Waals surface area contributed by atoms with E-state index in [9.17, 15) is 8.42 Å². The maximum absolute atomic E-state index is 11.7. The molecular weight excluding hydrogens is 310 g/mol. The molecule has 1 saturated heterocycles. The van der Waals surface area contributed by atoms with Crippen LogP contribution in [0.5, 0.6) is 0 Å². The van der Waals surface area contributed by atoms with Crippen LogP contribution in [0.1, 0.15) is 25.8 Å². The van der Waals surface area contributed by atoms with Crippen LogP contribution in [0.15, 0.2) is 18.3 Å². The molecule has 2 heterocycles. The predicted octanol–water partition coefficient (Wildman–Crippen LogP) is 1.55. The molecule has 0 bridgehead atoms. The fourth-order valence-electron chi connectivity index (χ4n) is 2.71. The minimum atomic E-state index is -2.91. The summed E-state index contributed by atoms with van der Waals surface area (Å²) in [5, 5.41) is 0. The molecule has 6 heteroatoms. The number of nitrogens with zero attached hydrogens (tertiary/aromatic N) is 3. The molecule has 1 aromatic rings. The molecule has 126 valence electrons. The first-order valence-corrected chi connectivity index (χ1v) is 9.70. The van der Waals surface area contributed by atoms with Gasteiger partial charge in [-0.15, -0.1) is 6.42 Å². The van der Waals surface area contributed by atoms with Crippen molar-refractivity contribution in [2.45, 2.75) is 38.9 Å². The molecule has 0 N–H and O–H groups in total. The Morgan fingerprint density at radius 3 is 2.65 bits per heavy atom. The molecule has 23 heavy (non-hydrogen) atoms. The summed E-state index contributed by atoms with van der Waals surface area (Å²) in [6.45, 7) is 5.31. The lowest BCUT2D eigenvalue weighted by Crippen LogP contribution is -2.36. The zero-order chi connectivity index (χ0) is 17.0. The first-order valence-electron chi connectivity index (χ1n) is 7.88. The van der Waals surface area contributed by atoms with Crippen molar-refractivity contribution < 1.29 is 8.42 Å². The van der Waals surface area contributed by atoms with Crippen LogP contribution >= 0.6 is 0 Å². The SMILES string of the molecule is C#CCN(Cc1ccc(N(C)C(C)C)nc1)[C@H]1CCS(=O)(=O)C1. The number of pyridine rings is 1. The topological polar surface area (TPSA) is 53.5 Å². The van der Waals surface area contributed by atoms with Crippen LogP contribution in [0.2, 0.25) is 0 Å². The van der Waals surface area contributed by atoms with Gasteiger partial charge in [0.15, 0.2) is 9.84 Å². The highest BCUT2D eigenvalue weighted by molar-refractivity contribution is 7.91. The van der Waals surface area contributed by atoms with Gasteiger partial charge in [-0.25, -0.2) is 13.4 Å². The van der Waals surface area contributed by atoms with Gasteiger partial charge in [-0.3, -0.25) is 4.90 Å². The molecule has 0 aliphatic carbocycles. The lowest BCUT2D eigenvalue weighted by Gasteiger charge is -2.26. The first-order chi connectivity index (χ1) is 10.8. The zero-order valence-corrected chi connectivity index (χ0v) is 14.9. The van der Waals surface area contributed by atoms with Gasteiger partial charge in [0.05, 0.1) is 18.1 Å². The van der Waals surface area contributed by atoms with Crippen LogP contribution in [0.3, 0.4) is 0 Å². The summed E-state index contributed by atoms with van der Waals surface area (Å²) in [4.78, 5) is 8.66. The van der Waals surface area contributed by atoms with E-state index in [2.05, 4.69) is 34.6 Å². The average Bonchev–Trinajstić information content (AvgIpc) is 2.87. The second-order valence-corrected chi connectivity index (χ2v) is 8.62. The summed E-state index contributed by atoms with van der Waals surface area (Å²) in [6, 6.07) is 4.42. The minimum Gasteiger partial charge on any atom is -0.357 e. The normalized spacial score (nSPS) is 19.9. The van der Waals surface area contributed by atoms with Crippen LogP contribution in [-0.2, 0) is 16.4 Å². The third-order valence-electron chi connectivity index (χ3n) is 4.35. The van der Waals surface area contributed by atoms with Gasteiger partial charge < -0.3 is 4.90 Å². The minimum absolute atomic E-state index is 0.00839. The number of terminal acetylenes is 1. The largest absolute Gasteiger partial charge is 0.357 e. The van der Waals surface area contributed by atoms with E-state index < -0.39 is 9.84 Å². The van der Waals surface area contributed by atoms with Crippen molar-refractivity contribution in [3.63, 3.8) is 0 Å². The van der Waals surface area contributed by atoms with E-state index in [4.69, 9.17) is 6.42 Å². The Labute approximate surface area is 139 Å². The highest BCUT2D eigenvalue weighted by Gasteiger charge is 2.31. The Bertz CT molecular complexity index is 662. The zero-order valence-electron chi connectivity index (χ0n) is 14.1. The van der Waals surface area contributed by atoms with E-state index in [1.165, 1.54) is 0 Å². The van der Waals surface area contributed by atoms with Crippen molar-refractivity contribution >= 4 is 15.7 Å². The smallest absolute Gasteiger partial charge is 0.151 e. The number of hydrogen-bond acceptors (Lipinski definition) is 5. The molecule has 2 rings (SSSR count). The third-order valence-corrected chi connectivity index (χ3v) is 6.10. The fraction of sp³-hybridized carbons (Fsp3) is 0.588. The Morgan fingerprint density at radius 2 is 2.17 bits per heavy atom. The molecule has 1 aliphatic rings. The third kappa shape index (κ3) is 4.69. The summed E-state index contributed by atoms with van der Waals surface area (Å²) in [5.41, 5.74) is 1.05.